The molecule has 3 heterocycles. The maximum Gasteiger partial charge on any atom is 0.338 e. The molecule has 3 aromatic heterocycles. The fourth-order valence-electron chi connectivity index (χ4n) is 4.93. The lowest BCUT2D eigenvalue weighted by molar-refractivity contribution is -0.145. The number of benzene rings is 1. The first kappa shape index (κ1) is 22.1. The molecule has 0 saturated heterocycles. The topological polar surface area (TPSA) is 106 Å². The van der Waals surface area contributed by atoms with Crippen molar-refractivity contribution in [2.45, 2.75) is 37.8 Å². The third-order valence-electron chi connectivity index (χ3n) is 6.92. The number of rotatable bonds is 5. The summed E-state index contributed by atoms with van der Waals surface area (Å²) in [6, 6.07) is 14.0. The van der Waals surface area contributed by atoms with Gasteiger partial charge in [-0.05, 0) is 37.2 Å². The van der Waals surface area contributed by atoms with E-state index in [1.165, 1.54) is 0 Å². The van der Waals surface area contributed by atoms with Crippen LogP contribution in [-0.2, 0) is 4.79 Å². The van der Waals surface area contributed by atoms with E-state index in [2.05, 4.69) is 10.1 Å². The number of hydrogen-bond acceptors (Lipinski definition) is 5. The monoisotopic (exact) mass is 457 g/mol. The minimum atomic E-state index is -1.81. The molecule has 34 heavy (non-hydrogen) atoms. The molecule has 0 amide bonds. The molecule has 0 spiro atoms. The lowest BCUT2D eigenvalue weighted by atomic mass is 9.75. The van der Waals surface area contributed by atoms with Gasteiger partial charge in [-0.3, -0.25) is 4.98 Å². The van der Waals surface area contributed by atoms with Gasteiger partial charge in [0.25, 0.3) is 0 Å². The first-order valence-electron chi connectivity index (χ1n) is 11.5. The summed E-state index contributed by atoms with van der Waals surface area (Å²) in [6.45, 7) is 0. The standard InChI is InChI=1S/C25H25BFN5O2/c26-20-22(16-8-6-15(7-9-16)21(27)25(33)34)31-24-18(13-30-32(24)23(20)28)17-10-11-19(29-12-17)14-4-2-1-3-5-14/h1-5,10-13,15-16,21H,6-9,26,28H2,(H,33,34)/t15-,16+,21?. The lowest BCUT2D eigenvalue weighted by Crippen LogP contribution is -2.31. The molecule has 5 rings (SSSR count). The largest absolute Gasteiger partial charge is 0.479 e. The molecule has 0 aliphatic heterocycles. The molecule has 1 aromatic carbocycles. The molecular formula is C25H25BFN5O2. The summed E-state index contributed by atoms with van der Waals surface area (Å²) in [5.41, 5.74) is 12.5. The molecule has 1 aliphatic carbocycles. The van der Waals surface area contributed by atoms with E-state index in [0.717, 1.165) is 33.5 Å². The van der Waals surface area contributed by atoms with Crippen LogP contribution in [0, 0.1) is 5.92 Å². The van der Waals surface area contributed by atoms with E-state index in [9.17, 15) is 9.18 Å². The highest BCUT2D eigenvalue weighted by molar-refractivity contribution is 6.36. The minimum absolute atomic E-state index is 0.103. The number of fused-ring (bicyclic) bond motifs is 1. The molecule has 1 aliphatic rings. The number of carboxylic acids is 1. The van der Waals surface area contributed by atoms with E-state index < -0.39 is 18.1 Å². The third-order valence-corrected chi connectivity index (χ3v) is 6.92. The number of anilines is 1. The Hall–Kier alpha value is -3.75. The molecule has 3 N–H and O–H groups in total. The number of aromatic nitrogens is 4. The van der Waals surface area contributed by atoms with Crippen LogP contribution in [0.25, 0.3) is 28.0 Å². The molecule has 1 unspecified atom stereocenters. The second-order valence-electron chi connectivity index (χ2n) is 8.95. The van der Waals surface area contributed by atoms with Gasteiger partial charge in [-0.25, -0.2) is 14.2 Å². The van der Waals surface area contributed by atoms with Gasteiger partial charge < -0.3 is 10.8 Å². The maximum atomic E-state index is 14.0. The van der Waals surface area contributed by atoms with Crippen molar-refractivity contribution in [2.75, 3.05) is 5.73 Å². The number of nitrogens with two attached hydrogens (primary N) is 1. The molecule has 172 valence electrons. The van der Waals surface area contributed by atoms with Crippen LogP contribution < -0.4 is 11.2 Å². The molecule has 9 heteroatoms. The number of pyridine rings is 1. The normalized spacial score (nSPS) is 19.2. The summed E-state index contributed by atoms with van der Waals surface area (Å²) in [6.07, 6.45) is 4.14. The zero-order chi connectivity index (χ0) is 23.8. The Balaban J connectivity index is 1.46. The molecule has 0 radical (unpaired) electrons. The van der Waals surface area contributed by atoms with Crippen LogP contribution in [0.15, 0.2) is 54.9 Å². The summed E-state index contributed by atoms with van der Waals surface area (Å²) in [5.74, 6) is -1.20. The van der Waals surface area contributed by atoms with Crippen LogP contribution in [0.5, 0.6) is 0 Å². The summed E-state index contributed by atoms with van der Waals surface area (Å²) < 4.78 is 15.6. The SMILES string of the molecule is Bc1c(N)n2ncc(-c3ccc(-c4ccccc4)nc3)c2nc1[C@H]1CC[C@@H](C(F)C(=O)O)CC1. The van der Waals surface area contributed by atoms with Gasteiger partial charge in [0.15, 0.2) is 11.8 Å². The van der Waals surface area contributed by atoms with E-state index in [0.29, 0.717) is 37.1 Å². The van der Waals surface area contributed by atoms with Gasteiger partial charge in [-0.2, -0.15) is 9.61 Å². The van der Waals surface area contributed by atoms with Crippen LogP contribution >= 0.6 is 0 Å². The number of nitrogen functional groups attached to an aromatic ring is 1. The molecular weight excluding hydrogens is 432 g/mol. The molecule has 7 nitrogen and oxygen atoms in total. The highest BCUT2D eigenvalue weighted by atomic mass is 19.1. The second kappa shape index (κ2) is 8.89. The Morgan fingerprint density at radius 3 is 2.47 bits per heavy atom. The first-order valence-corrected chi connectivity index (χ1v) is 11.5. The highest BCUT2D eigenvalue weighted by Crippen LogP contribution is 2.38. The predicted octanol–water partition coefficient (Wildman–Crippen LogP) is 3.00. The van der Waals surface area contributed by atoms with E-state index >= 15 is 0 Å². The van der Waals surface area contributed by atoms with Gasteiger partial charge in [0.1, 0.15) is 13.7 Å². The summed E-state index contributed by atoms with van der Waals surface area (Å²) in [4.78, 5) is 20.6. The smallest absolute Gasteiger partial charge is 0.338 e. The number of alkyl halides is 1. The van der Waals surface area contributed by atoms with Crippen LogP contribution in [0.2, 0.25) is 0 Å². The van der Waals surface area contributed by atoms with Crippen molar-refractivity contribution in [2.24, 2.45) is 5.92 Å². The van der Waals surface area contributed by atoms with Gasteiger partial charge in [-0.15, -0.1) is 0 Å². The van der Waals surface area contributed by atoms with E-state index in [1.807, 2.05) is 56.5 Å². The summed E-state index contributed by atoms with van der Waals surface area (Å²) in [7, 11) is 1.93. The number of hydrogen-bond donors (Lipinski definition) is 2. The van der Waals surface area contributed by atoms with E-state index in [1.54, 1.807) is 10.7 Å². The van der Waals surface area contributed by atoms with Crippen molar-refractivity contribution in [3.63, 3.8) is 0 Å². The molecule has 1 saturated carbocycles. The minimum Gasteiger partial charge on any atom is -0.479 e. The first-order chi connectivity index (χ1) is 16.4. The average Bonchev–Trinajstić information content (AvgIpc) is 3.30. The van der Waals surface area contributed by atoms with Crippen molar-refractivity contribution in [1.82, 2.24) is 19.6 Å². The Labute approximate surface area is 197 Å². The van der Waals surface area contributed by atoms with Gasteiger partial charge >= 0.3 is 5.97 Å². The van der Waals surface area contributed by atoms with E-state index in [-0.39, 0.29) is 5.92 Å². The number of carbonyl (C=O) groups is 1. The zero-order valence-electron chi connectivity index (χ0n) is 18.9. The van der Waals surface area contributed by atoms with Gasteiger partial charge in [0.2, 0.25) is 0 Å². The maximum absolute atomic E-state index is 14.0. The quantitative estimate of drug-likeness (QED) is 0.447. The van der Waals surface area contributed by atoms with Crippen molar-refractivity contribution >= 4 is 30.7 Å². The average molecular weight is 457 g/mol. The molecule has 4 aromatic rings. The summed E-state index contributed by atoms with van der Waals surface area (Å²) in [5, 5.41) is 13.5. The van der Waals surface area contributed by atoms with E-state index in [4.69, 9.17) is 15.8 Å². The van der Waals surface area contributed by atoms with Crippen LogP contribution in [-0.4, -0.2) is 44.7 Å². The number of nitrogens with zero attached hydrogens (tertiary/aromatic N) is 4. The predicted molar refractivity (Wildman–Crippen MR) is 131 cm³/mol. The Kier molecular flexibility index (Phi) is 5.77. The van der Waals surface area contributed by atoms with Crippen molar-refractivity contribution in [3.8, 4) is 22.4 Å². The highest BCUT2D eigenvalue weighted by Gasteiger charge is 2.33. The van der Waals surface area contributed by atoms with Crippen LogP contribution in [0.3, 0.4) is 0 Å². The Morgan fingerprint density at radius 1 is 1.09 bits per heavy atom. The molecule has 0 bridgehead atoms. The van der Waals surface area contributed by atoms with Crippen LogP contribution in [0.4, 0.5) is 10.2 Å². The summed E-state index contributed by atoms with van der Waals surface area (Å²) >= 11 is 0. The lowest BCUT2D eigenvalue weighted by Gasteiger charge is -2.30. The van der Waals surface area contributed by atoms with Crippen molar-refractivity contribution in [1.29, 1.82) is 0 Å². The third kappa shape index (κ3) is 3.91. The van der Waals surface area contributed by atoms with Crippen LogP contribution in [0.1, 0.15) is 37.3 Å². The van der Waals surface area contributed by atoms with Gasteiger partial charge in [-0.1, -0.05) is 36.4 Å². The number of carboxylic acid groups (broad SMARTS) is 1. The molecule has 1 fully saturated rings. The van der Waals surface area contributed by atoms with Crippen molar-refractivity contribution < 1.29 is 14.3 Å². The van der Waals surface area contributed by atoms with Crippen molar-refractivity contribution in [3.05, 3.63) is 60.6 Å². The zero-order valence-corrected chi connectivity index (χ0v) is 18.9. The molecule has 1 atom stereocenters. The van der Waals surface area contributed by atoms with Gasteiger partial charge in [0, 0.05) is 40.4 Å². The Bertz CT molecular complexity index is 1340. The number of halogens is 1. The second-order valence-corrected chi connectivity index (χ2v) is 8.95. The number of aliphatic carboxylic acids is 1. The Morgan fingerprint density at radius 2 is 1.82 bits per heavy atom. The fraction of sp³-hybridized carbons (Fsp3) is 0.280. The van der Waals surface area contributed by atoms with Gasteiger partial charge in [0.05, 0.1) is 11.9 Å². The fourth-order valence-corrected chi connectivity index (χ4v) is 4.93.